The highest BCUT2D eigenvalue weighted by atomic mass is 16.2. The molecule has 3 fully saturated rings. The molecule has 3 heterocycles. The quantitative estimate of drug-likeness (QED) is 0.750. The van der Waals surface area contributed by atoms with Gasteiger partial charge >= 0.3 is 0 Å². The van der Waals surface area contributed by atoms with Crippen LogP contribution in [0.1, 0.15) is 57.0 Å². The minimum absolute atomic E-state index is 0.0337. The zero-order valence-corrected chi connectivity index (χ0v) is 16.5. The van der Waals surface area contributed by atoms with E-state index in [1.54, 1.807) is 17.0 Å². The fraction of sp³-hybridized carbons (Fsp3) is 0.417. The number of piperidine rings is 1. The van der Waals surface area contributed by atoms with E-state index < -0.39 is 0 Å². The number of fused-ring (bicyclic) bond motifs is 5. The van der Waals surface area contributed by atoms with E-state index in [2.05, 4.69) is 43.1 Å². The smallest absolute Gasteiger partial charge is 0.261 e. The number of aryl methyl sites for hydroxylation is 1. The van der Waals surface area contributed by atoms with Gasteiger partial charge in [0, 0.05) is 18.6 Å². The zero-order valence-electron chi connectivity index (χ0n) is 16.5. The maximum Gasteiger partial charge on any atom is 0.261 e. The van der Waals surface area contributed by atoms with Crippen molar-refractivity contribution in [3.8, 4) is 0 Å². The molecule has 0 spiro atoms. The number of hydrogen-bond donors (Lipinski definition) is 0. The van der Waals surface area contributed by atoms with E-state index in [9.17, 15) is 9.59 Å². The molecule has 28 heavy (non-hydrogen) atoms. The Hall–Kier alpha value is -2.46. The Bertz CT molecular complexity index is 901. The second-order valence-corrected chi connectivity index (χ2v) is 8.68. The summed E-state index contributed by atoms with van der Waals surface area (Å²) >= 11 is 0. The van der Waals surface area contributed by atoms with E-state index in [0.717, 1.165) is 25.8 Å². The molecule has 1 aliphatic carbocycles. The van der Waals surface area contributed by atoms with Gasteiger partial charge in [0.2, 0.25) is 0 Å². The molecule has 2 saturated heterocycles. The highest BCUT2D eigenvalue weighted by molar-refractivity contribution is 6.21. The number of nitrogens with zero attached hydrogens (tertiary/aromatic N) is 2. The van der Waals surface area contributed by atoms with Crippen molar-refractivity contribution in [3.05, 3.63) is 70.8 Å². The van der Waals surface area contributed by atoms with Crippen LogP contribution in [0.5, 0.6) is 0 Å². The fourth-order valence-corrected chi connectivity index (χ4v) is 5.59. The molecule has 6 rings (SSSR count). The van der Waals surface area contributed by atoms with Crippen LogP contribution in [0.15, 0.2) is 48.5 Å². The first-order valence-electron chi connectivity index (χ1n) is 10.3. The maximum atomic E-state index is 13.2. The third-order valence-electron chi connectivity index (χ3n) is 7.12. The lowest BCUT2D eigenvalue weighted by Gasteiger charge is -2.43. The molecule has 4 aliphatic rings. The summed E-state index contributed by atoms with van der Waals surface area (Å²) in [5.41, 5.74) is 3.73. The van der Waals surface area contributed by atoms with Crippen LogP contribution in [0.4, 0.5) is 0 Å². The summed E-state index contributed by atoms with van der Waals surface area (Å²) in [7, 11) is 2.19. The van der Waals surface area contributed by atoms with E-state index in [1.807, 2.05) is 12.1 Å². The molecule has 3 aliphatic heterocycles. The van der Waals surface area contributed by atoms with Crippen molar-refractivity contribution >= 4 is 11.8 Å². The fourth-order valence-electron chi connectivity index (χ4n) is 5.59. The average molecular weight is 374 g/mol. The van der Waals surface area contributed by atoms with E-state index in [4.69, 9.17) is 0 Å². The molecule has 4 heteroatoms. The van der Waals surface area contributed by atoms with Crippen molar-refractivity contribution in [2.45, 2.75) is 44.2 Å². The van der Waals surface area contributed by atoms with Gasteiger partial charge < -0.3 is 4.90 Å². The Labute approximate surface area is 166 Å². The standard InChI is InChI=1S/C24H26N2O2/c1-15-7-9-16(10-8-15)20-13-17-11-12-22(21(20)14-25(17)2)26-23(27)18-5-3-4-6-19(18)24(26)28/h3-10,17,20-22H,11-14H2,1-2H3/t17-,20?,21-,22-/m0/s1. The molecule has 4 atom stereocenters. The summed E-state index contributed by atoms with van der Waals surface area (Å²) in [4.78, 5) is 30.3. The van der Waals surface area contributed by atoms with Crippen molar-refractivity contribution in [2.75, 3.05) is 13.6 Å². The van der Waals surface area contributed by atoms with Gasteiger partial charge in [-0.05, 0) is 62.8 Å². The predicted octanol–water partition coefficient (Wildman–Crippen LogP) is 3.86. The van der Waals surface area contributed by atoms with Crippen LogP contribution in [0, 0.1) is 12.8 Å². The molecule has 0 aromatic heterocycles. The number of carbonyl (C=O) groups is 2. The summed E-state index contributed by atoms with van der Waals surface area (Å²) in [5, 5.41) is 0. The topological polar surface area (TPSA) is 40.6 Å². The van der Waals surface area contributed by atoms with Crippen molar-refractivity contribution in [3.63, 3.8) is 0 Å². The third-order valence-corrected chi connectivity index (χ3v) is 7.12. The summed E-state index contributed by atoms with van der Waals surface area (Å²) in [6.07, 6.45) is 3.03. The molecule has 2 aromatic rings. The van der Waals surface area contributed by atoms with Crippen molar-refractivity contribution in [1.29, 1.82) is 0 Å². The lowest BCUT2D eigenvalue weighted by molar-refractivity contribution is 0.0453. The molecule has 1 saturated carbocycles. The highest BCUT2D eigenvalue weighted by Crippen LogP contribution is 2.45. The summed E-state index contributed by atoms with van der Waals surface area (Å²) < 4.78 is 0. The second-order valence-electron chi connectivity index (χ2n) is 8.68. The molecule has 2 aromatic carbocycles. The van der Waals surface area contributed by atoms with Gasteiger partial charge in [0.15, 0.2) is 0 Å². The van der Waals surface area contributed by atoms with Gasteiger partial charge in [0.25, 0.3) is 11.8 Å². The van der Waals surface area contributed by atoms with Crippen molar-refractivity contribution < 1.29 is 9.59 Å². The number of rotatable bonds is 2. The maximum absolute atomic E-state index is 13.2. The average Bonchev–Trinajstić information content (AvgIpc) is 2.84. The van der Waals surface area contributed by atoms with Crippen LogP contribution in [-0.2, 0) is 0 Å². The lowest BCUT2D eigenvalue weighted by Crippen LogP contribution is -2.50. The van der Waals surface area contributed by atoms with Gasteiger partial charge in [0.05, 0.1) is 11.1 Å². The number of imide groups is 1. The minimum atomic E-state index is -0.110. The first kappa shape index (κ1) is 17.6. The molecule has 0 N–H and O–H groups in total. The molecular formula is C24H26N2O2. The van der Waals surface area contributed by atoms with Gasteiger partial charge in [-0.1, -0.05) is 42.0 Å². The normalized spacial score (nSPS) is 29.9. The van der Waals surface area contributed by atoms with Crippen molar-refractivity contribution in [1.82, 2.24) is 9.80 Å². The lowest BCUT2D eigenvalue weighted by atomic mass is 9.76. The molecule has 0 radical (unpaired) electrons. The summed E-state index contributed by atoms with van der Waals surface area (Å²) in [6, 6.07) is 16.6. The Morgan fingerprint density at radius 3 is 2.18 bits per heavy atom. The monoisotopic (exact) mass is 374 g/mol. The van der Waals surface area contributed by atoms with Crippen LogP contribution < -0.4 is 0 Å². The Morgan fingerprint density at radius 1 is 0.893 bits per heavy atom. The Balaban J connectivity index is 1.54. The van der Waals surface area contributed by atoms with Crippen LogP contribution in [0.2, 0.25) is 0 Å². The van der Waals surface area contributed by atoms with E-state index >= 15 is 0 Å². The highest BCUT2D eigenvalue weighted by Gasteiger charge is 2.49. The van der Waals surface area contributed by atoms with Crippen molar-refractivity contribution in [2.24, 2.45) is 5.92 Å². The molecule has 1 unspecified atom stereocenters. The van der Waals surface area contributed by atoms with Crippen LogP contribution in [-0.4, -0.2) is 47.3 Å². The first-order chi connectivity index (χ1) is 13.5. The zero-order chi connectivity index (χ0) is 19.4. The molecular weight excluding hydrogens is 348 g/mol. The minimum Gasteiger partial charge on any atom is -0.303 e. The van der Waals surface area contributed by atoms with Crippen LogP contribution in [0.3, 0.4) is 0 Å². The largest absolute Gasteiger partial charge is 0.303 e. The molecule has 144 valence electrons. The second kappa shape index (κ2) is 6.56. The third kappa shape index (κ3) is 2.62. The number of hydrogen-bond acceptors (Lipinski definition) is 3. The number of carbonyl (C=O) groups excluding carboxylic acids is 2. The number of benzene rings is 2. The Morgan fingerprint density at radius 2 is 1.54 bits per heavy atom. The van der Waals surface area contributed by atoms with Crippen LogP contribution in [0.25, 0.3) is 0 Å². The van der Waals surface area contributed by atoms with Gasteiger partial charge in [-0.3, -0.25) is 14.5 Å². The van der Waals surface area contributed by atoms with Gasteiger partial charge in [-0.25, -0.2) is 0 Å². The van der Waals surface area contributed by atoms with E-state index in [0.29, 0.717) is 23.1 Å². The molecule has 2 amide bonds. The van der Waals surface area contributed by atoms with Gasteiger partial charge in [0.1, 0.15) is 0 Å². The molecule has 2 bridgehead atoms. The number of amides is 2. The predicted molar refractivity (Wildman–Crippen MR) is 108 cm³/mol. The Kier molecular flexibility index (Phi) is 4.13. The SMILES string of the molecule is Cc1ccc(C2C[C@@H]3CC[C@H](N4C(=O)c5ccccc5C4=O)[C@H]2CN3C)cc1. The summed E-state index contributed by atoms with van der Waals surface area (Å²) in [5.74, 6) is 0.440. The first-order valence-corrected chi connectivity index (χ1v) is 10.3. The van der Waals surface area contributed by atoms with E-state index in [1.165, 1.54) is 11.1 Å². The van der Waals surface area contributed by atoms with Gasteiger partial charge in [-0.15, -0.1) is 0 Å². The summed E-state index contributed by atoms with van der Waals surface area (Å²) in [6.45, 7) is 3.04. The van der Waals surface area contributed by atoms with E-state index in [-0.39, 0.29) is 23.8 Å². The molecule has 4 nitrogen and oxygen atoms in total. The van der Waals surface area contributed by atoms with Crippen LogP contribution >= 0.6 is 0 Å². The van der Waals surface area contributed by atoms with Gasteiger partial charge in [-0.2, -0.15) is 0 Å².